The molecule has 1 N–H and O–H groups in total. The Bertz CT molecular complexity index is 1070. The van der Waals surface area contributed by atoms with E-state index in [1.165, 1.54) is 23.0 Å². The number of amides is 1. The highest BCUT2D eigenvalue weighted by Crippen LogP contribution is 2.31. The van der Waals surface area contributed by atoms with Gasteiger partial charge in [0.2, 0.25) is 0 Å². The number of aryl methyl sites for hydroxylation is 3. The van der Waals surface area contributed by atoms with Gasteiger partial charge in [-0.25, -0.2) is 0 Å². The van der Waals surface area contributed by atoms with Crippen LogP contribution in [0.1, 0.15) is 28.5 Å². The fourth-order valence-electron chi connectivity index (χ4n) is 2.97. The second-order valence-corrected chi connectivity index (χ2v) is 7.36. The van der Waals surface area contributed by atoms with Gasteiger partial charge in [-0.05, 0) is 60.0 Å². The lowest BCUT2D eigenvalue weighted by Gasteiger charge is -2.11. The largest absolute Gasteiger partial charge is 0.457 e. The second-order valence-electron chi connectivity index (χ2n) is 6.51. The van der Waals surface area contributed by atoms with Crippen LogP contribution in [-0.4, -0.2) is 20.6 Å². The summed E-state index contributed by atoms with van der Waals surface area (Å²) in [5, 5.41) is 18.1. The molecule has 0 unspecified atom stereocenters. The van der Waals surface area contributed by atoms with Gasteiger partial charge in [-0.15, -0.1) is 0 Å². The number of rotatable bonds is 6. The Balaban J connectivity index is 1.93. The minimum absolute atomic E-state index is 0.190. The van der Waals surface area contributed by atoms with Crippen molar-refractivity contribution in [3.05, 3.63) is 74.0 Å². The van der Waals surface area contributed by atoms with Crippen molar-refractivity contribution in [2.75, 3.05) is 5.32 Å². The summed E-state index contributed by atoms with van der Waals surface area (Å²) in [6.45, 7) is 6.24. The molecule has 8 nitrogen and oxygen atoms in total. The van der Waals surface area contributed by atoms with Gasteiger partial charge in [-0.3, -0.25) is 19.6 Å². The molecule has 3 rings (SSSR count). The first-order valence-corrected chi connectivity index (χ1v) is 9.64. The number of nitrogens with one attached hydrogen (secondary N) is 1. The molecule has 0 atom stereocenters. The maximum absolute atomic E-state index is 12.7. The number of hydrogen-bond acceptors (Lipinski definition) is 5. The molecule has 0 saturated heterocycles. The number of benzene rings is 2. The van der Waals surface area contributed by atoms with Crippen molar-refractivity contribution in [2.24, 2.45) is 0 Å². The number of aromatic nitrogens is 2. The van der Waals surface area contributed by atoms with Gasteiger partial charge >= 0.3 is 0 Å². The number of ether oxygens (including phenoxy) is 1. The Morgan fingerprint density at radius 1 is 1.17 bits per heavy atom. The highest BCUT2D eigenvalue weighted by atomic mass is 79.9. The quantitative estimate of drug-likeness (QED) is 0.402. The molecule has 0 saturated carbocycles. The van der Waals surface area contributed by atoms with Crippen LogP contribution < -0.4 is 10.1 Å². The summed E-state index contributed by atoms with van der Waals surface area (Å²) in [6.07, 6.45) is 1.53. The Kier molecular flexibility index (Phi) is 5.97. The van der Waals surface area contributed by atoms with Crippen LogP contribution >= 0.6 is 15.9 Å². The molecule has 9 heteroatoms. The molecule has 0 fully saturated rings. The fraction of sp³-hybridized carbons (Fsp3) is 0.200. The maximum Gasteiger partial charge on any atom is 0.275 e. The van der Waals surface area contributed by atoms with Gasteiger partial charge in [0.15, 0.2) is 0 Å². The number of anilines is 1. The minimum atomic E-state index is -0.532. The predicted octanol–water partition coefficient (Wildman–Crippen LogP) is 5.24. The zero-order valence-electron chi connectivity index (χ0n) is 16.1. The van der Waals surface area contributed by atoms with Crippen LogP contribution in [0.25, 0.3) is 0 Å². The van der Waals surface area contributed by atoms with Crippen molar-refractivity contribution in [3.8, 4) is 11.5 Å². The molecule has 2 aromatic carbocycles. The number of nitrogens with zero attached hydrogens (tertiary/aromatic N) is 3. The van der Waals surface area contributed by atoms with Crippen molar-refractivity contribution in [3.63, 3.8) is 0 Å². The van der Waals surface area contributed by atoms with E-state index in [0.717, 1.165) is 11.1 Å². The summed E-state index contributed by atoms with van der Waals surface area (Å²) < 4.78 is 7.90. The van der Waals surface area contributed by atoms with Crippen LogP contribution in [0.5, 0.6) is 11.5 Å². The number of nitro benzene ring substituents is 1. The minimum Gasteiger partial charge on any atom is -0.457 e. The average Bonchev–Trinajstić information content (AvgIpc) is 3.01. The van der Waals surface area contributed by atoms with Crippen molar-refractivity contribution >= 4 is 33.2 Å². The van der Waals surface area contributed by atoms with E-state index in [2.05, 4.69) is 26.3 Å². The number of nitro groups is 1. The number of hydrogen-bond donors (Lipinski definition) is 1. The lowest BCUT2D eigenvalue weighted by molar-refractivity contribution is -0.384. The van der Waals surface area contributed by atoms with Gasteiger partial charge in [-0.1, -0.05) is 6.07 Å². The first kappa shape index (κ1) is 20.5. The summed E-state index contributed by atoms with van der Waals surface area (Å²) in [5.41, 5.74) is 2.41. The van der Waals surface area contributed by atoms with Gasteiger partial charge in [0, 0.05) is 18.7 Å². The van der Waals surface area contributed by atoms with Crippen molar-refractivity contribution < 1.29 is 14.5 Å². The van der Waals surface area contributed by atoms with E-state index in [1.807, 2.05) is 39.0 Å². The van der Waals surface area contributed by atoms with Gasteiger partial charge < -0.3 is 10.1 Å². The first-order chi connectivity index (χ1) is 13.8. The molecule has 0 spiro atoms. The third kappa shape index (κ3) is 4.80. The number of carbonyl (C=O) groups excluding carboxylic acids is 1. The molecule has 3 aromatic rings. The van der Waals surface area contributed by atoms with Gasteiger partial charge in [0.05, 0.1) is 27.3 Å². The van der Waals surface area contributed by atoms with E-state index in [-0.39, 0.29) is 17.1 Å². The molecule has 29 heavy (non-hydrogen) atoms. The lowest BCUT2D eigenvalue weighted by atomic mass is 10.1. The molecule has 0 aliphatic carbocycles. The highest BCUT2D eigenvalue weighted by molar-refractivity contribution is 9.10. The third-order valence-electron chi connectivity index (χ3n) is 4.10. The molecule has 1 amide bonds. The monoisotopic (exact) mass is 458 g/mol. The van der Waals surface area contributed by atoms with E-state index >= 15 is 0 Å². The van der Waals surface area contributed by atoms with Gasteiger partial charge in [0.25, 0.3) is 11.6 Å². The van der Waals surface area contributed by atoms with Gasteiger partial charge in [0.1, 0.15) is 17.2 Å². The molecule has 0 radical (unpaired) electrons. The molecular formula is C20H19BrN4O4. The van der Waals surface area contributed by atoms with E-state index in [0.29, 0.717) is 22.5 Å². The summed E-state index contributed by atoms with van der Waals surface area (Å²) in [4.78, 5) is 23.5. The number of carbonyl (C=O) groups is 1. The lowest BCUT2D eigenvalue weighted by Crippen LogP contribution is -2.18. The van der Waals surface area contributed by atoms with Crippen LogP contribution in [0.3, 0.4) is 0 Å². The van der Waals surface area contributed by atoms with Crippen LogP contribution in [0.15, 0.2) is 47.1 Å². The van der Waals surface area contributed by atoms with Crippen LogP contribution in [0, 0.1) is 24.0 Å². The van der Waals surface area contributed by atoms with E-state index in [4.69, 9.17) is 4.74 Å². The van der Waals surface area contributed by atoms with Crippen LogP contribution in [0.4, 0.5) is 11.4 Å². The van der Waals surface area contributed by atoms with Crippen molar-refractivity contribution in [1.82, 2.24) is 9.78 Å². The van der Waals surface area contributed by atoms with E-state index < -0.39 is 10.8 Å². The van der Waals surface area contributed by atoms with Crippen LogP contribution in [-0.2, 0) is 6.54 Å². The smallest absolute Gasteiger partial charge is 0.275 e. The zero-order chi connectivity index (χ0) is 21.1. The van der Waals surface area contributed by atoms with Crippen LogP contribution in [0.2, 0.25) is 0 Å². The fourth-order valence-corrected chi connectivity index (χ4v) is 3.44. The first-order valence-electron chi connectivity index (χ1n) is 8.85. The maximum atomic E-state index is 12.7. The normalized spacial score (nSPS) is 10.6. The molecular weight excluding hydrogens is 440 g/mol. The highest BCUT2D eigenvalue weighted by Gasteiger charge is 2.19. The van der Waals surface area contributed by atoms with E-state index in [9.17, 15) is 14.9 Å². The molecule has 0 bridgehead atoms. The molecule has 0 aliphatic heterocycles. The average molecular weight is 459 g/mol. The topological polar surface area (TPSA) is 99.3 Å². The molecule has 150 valence electrons. The summed E-state index contributed by atoms with van der Waals surface area (Å²) in [5.74, 6) is 0.378. The second kappa shape index (κ2) is 8.44. The standard InChI is InChI=1S/C20H19BrN4O4/c1-4-24-19(18(21)11-22-24)20(26)23-14-8-15(25(27)28)10-17(9-14)29-16-6-12(2)5-13(3)7-16/h5-11H,4H2,1-3H3,(H,23,26). The summed E-state index contributed by atoms with van der Waals surface area (Å²) in [6, 6.07) is 9.82. The number of non-ortho nitro benzene ring substituents is 1. The van der Waals surface area contributed by atoms with E-state index in [1.54, 1.807) is 6.07 Å². The van der Waals surface area contributed by atoms with Gasteiger partial charge in [-0.2, -0.15) is 5.10 Å². The van der Waals surface area contributed by atoms with Crippen molar-refractivity contribution in [2.45, 2.75) is 27.3 Å². The molecule has 1 aromatic heterocycles. The molecule has 1 heterocycles. The Morgan fingerprint density at radius 2 is 1.83 bits per heavy atom. The Hall–Kier alpha value is -3.20. The number of halogens is 1. The predicted molar refractivity (Wildman–Crippen MR) is 113 cm³/mol. The Morgan fingerprint density at radius 3 is 2.45 bits per heavy atom. The van der Waals surface area contributed by atoms with Crippen molar-refractivity contribution in [1.29, 1.82) is 0 Å². The zero-order valence-corrected chi connectivity index (χ0v) is 17.7. The molecule has 0 aliphatic rings. The third-order valence-corrected chi connectivity index (χ3v) is 4.68. The Labute approximate surface area is 175 Å². The SMILES string of the molecule is CCn1ncc(Br)c1C(=O)Nc1cc(Oc2cc(C)cc(C)c2)cc([N+](=O)[O-])c1. The summed E-state index contributed by atoms with van der Waals surface area (Å²) >= 11 is 3.30. The summed E-state index contributed by atoms with van der Waals surface area (Å²) in [7, 11) is 0.